The Balaban J connectivity index is 1.58. The number of hydrazine groups is 2. The van der Waals surface area contributed by atoms with E-state index < -0.39 is 0 Å². The summed E-state index contributed by atoms with van der Waals surface area (Å²) in [7, 11) is 0. The van der Waals surface area contributed by atoms with Gasteiger partial charge in [0, 0.05) is 12.2 Å². The number of allylic oxidation sites excluding steroid dienone is 2. The topological polar surface area (TPSA) is 62.6 Å². The Labute approximate surface area is 114 Å². The summed E-state index contributed by atoms with van der Waals surface area (Å²) in [5.74, 6) is 2.66. The predicted molar refractivity (Wildman–Crippen MR) is 73.9 cm³/mol. The smallest absolute Gasteiger partial charge is 0.176 e. The van der Waals surface area contributed by atoms with Crippen LogP contribution in [-0.4, -0.2) is 18.2 Å². The fourth-order valence-electron chi connectivity index (χ4n) is 3.65. The molecule has 0 saturated heterocycles. The molecular formula is C14H24N4O. The van der Waals surface area contributed by atoms with Crippen LogP contribution < -0.4 is 16.7 Å². The van der Waals surface area contributed by atoms with Gasteiger partial charge in [-0.2, -0.15) is 0 Å². The summed E-state index contributed by atoms with van der Waals surface area (Å²) in [4.78, 5) is 0. The molecule has 19 heavy (non-hydrogen) atoms. The van der Waals surface area contributed by atoms with E-state index in [-0.39, 0.29) is 0 Å². The number of fused-ring (bicyclic) bond motifs is 1. The average molecular weight is 264 g/mol. The van der Waals surface area contributed by atoms with Gasteiger partial charge in [-0.3, -0.25) is 5.01 Å². The molecule has 0 aromatic carbocycles. The maximum atomic E-state index is 5.48. The summed E-state index contributed by atoms with van der Waals surface area (Å²) in [6.45, 7) is 7.52. The minimum absolute atomic E-state index is 0.350. The van der Waals surface area contributed by atoms with E-state index in [4.69, 9.17) is 10.5 Å². The normalized spacial score (nSPS) is 32.9. The molecular weight excluding hydrogens is 240 g/mol. The van der Waals surface area contributed by atoms with Crippen molar-refractivity contribution in [3.63, 3.8) is 0 Å². The second-order valence-corrected chi connectivity index (χ2v) is 5.75. The Bertz CT molecular complexity index is 406. The Morgan fingerprint density at radius 1 is 1.42 bits per heavy atom. The lowest BCUT2D eigenvalue weighted by Gasteiger charge is -2.19. The predicted octanol–water partition coefficient (Wildman–Crippen LogP) is 1.43. The van der Waals surface area contributed by atoms with Gasteiger partial charge in [0.25, 0.3) is 0 Å². The van der Waals surface area contributed by atoms with Crippen LogP contribution in [0, 0.1) is 17.8 Å². The molecule has 0 aromatic rings. The number of hydrogen-bond donors (Lipinski definition) is 3. The van der Waals surface area contributed by atoms with Gasteiger partial charge in [0.1, 0.15) is 0 Å². The van der Waals surface area contributed by atoms with Gasteiger partial charge < -0.3 is 15.9 Å². The molecule has 3 aliphatic rings. The van der Waals surface area contributed by atoms with Gasteiger partial charge in [-0.1, -0.05) is 0 Å². The molecule has 1 aliphatic heterocycles. The number of nitrogens with one attached hydrogen (secondary N) is 2. The second kappa shape index (κ2) is 4.96. The molecule has 1 saturated carbocycles. The molecule has 5 heteroatoms. The van der Waals surface area contributed by atoms with E-state index in [1.807, 2.05) is 0 Å². The van der Waals surface area contributed by atoms with Crippen molar-refractivity contribution in [3.05, 3.63) is 23.9 Å². The molecule has 0 spiro atoms. The maximum absolute atomic E-state index is 5.48. The van der Waals surface area contributed by atoms with E-state index in [0.29, 0.717) is 11.8 Å². The van der Waals surface area contributed by atoms with Crippen molar-refractivity contribution in [3.8, 4) is 0 Å². The van der Waals surface area contributed by atoms with Gasteiger partial charge in [-0.25, -0.2) is 0 Å². The van der Waals surface area contributed by atoms with Crippen LogP contribution in [0.25, 0.3) is 0 Å². The minimum atomic E-state index is 0.350. The minimum Gasteiger partial charge on any atom is -0.480 e. The van der Waals surface area contributed by atoms with Gasteiger partial charge in [0.05, 0.1) is 12.3 Å². The van der Waals surface area contributed by atoms with Crippen molar-refractivity contribution in [2.45, 2.75) is 32.6 Å². The standard InChI is InChI=1S/C14H24N4O/c1-3-18-14-7-5-11-10(4-6-13(14)16-17-18)12(11)8-19-9(2)15/h10-12,16-17H,2-8,15H2,1H3. The van der Waals surface area contributed by atoms with Crippen molar-refractivity contribution in [2.75, 3.05) is 13.2 Å². The summed E-state index contributed by atoms with van der Waals surface area (Å²) in [5.41, 5.74) is 14.9. The van der Waals surface area contributed by atoms with Crippen LogP contribution in [-0.2, 0) is 4.74 Å². The molecule has 4 N–H and O–H groups in total. The second-order valence-electron chi connectivity index (χ2n) is 5.75. The van der Waals surface area contributed by atoms with Gasteiger partial charge in [-0.15, -0.1) is 5.53 Å². The van der Waals surface area contributed by atoms with Crippen LogP contribution in [0.15, 0.2) is 23.9 Å². The lowest BCUT2D eigenvalue weighted by molar-refractivity contribution is 0.188. The summed E-state index contributed by atoms with van der Waals surface area (Å²) >= 11 is 0. The summed E-state index contributed by atoms with van der Waals surface area (Å²) < 4.78 is 5.41. The molecule has 0 aromatic heterocycles. The molecule has 0 radical (unpaired) electrons. The zero-order chi connectivity index (χ0) is 13.4. The number of hydrogen-bond acceptors (Lipinski definition) is 5. The largest absolute Gasteiger partial charge is 0.480 e. The van der Waals surface area contributed by atoms with E-state index in [1.54, 1.807) is 0 Å². The third-order valence-corrected chi connectivity index (χ3v) is 4.74. The third kappa shape index (κ3) is 2.39. The number of rotatable bonds is 4. The summed E-state index contributed by atoms with van der Waals surface area (Å²) in [6.07, 6.45) is 4.81. The monoisotopic (exact) mass is 264 g/mol. The van der Waals surface area contributed by atoms with Crippen LogP contribution in [0.2, 0.25) is 0 Å². The first-order chi connectivity index (χ1) is 9.20. The fraction of sp³-hybridized carbons (Fsp3) is 0.714. The van der Waals surface area contributed by atoms with Crippen LogP contribution in [0.1, 0.15) is 32.6 Å². The van der Waals surface area contributed by atoms with Crippen LogP contribution in [0.4, 0.5) is 0 Å². The molecule has 1 heterocycles. The van der Waals surface area contributed by atoms with Gasteiger partial charge in [0.15, 0.2) is 5.88 Å². The highest BCUT2D eigenvalue weighted by Gasteiger charge is 2.50. The van der Waals surface area contributed by atoms with Crippen molar-refractivity contribution >= 4 is 0 Å². The Kier molecular flexibility index (Phi) is 3.31. The third-order valence-electron chi connectivity index (χ3n) is 4.74. The number of ether oxygens (including phenoxy) is 1. The first kappa shape index (κ1) is 12.7. The molecule has 106 valence electrons. The van der Waals surface area contributed by atoms with E-state index in [9.17, 15) is 0 Å². The molecule has 2 aliphatic carbocycles. The SMILES string of the molecule is C=C(N)OCC1C2CCC3=C(CCC21)N(CC)NN3. The first-order valence-electron chi connectivity index (χ1n) is 7.29. The molecule has 3 rings (SSSR count). The van der Waals surface area contributed by atoms with Crippen LogP contribution in [0.3, 0.4) is 0 Å². The quantitative estimate of drug-likeness (QED) is 0.670. The molecule has 0 bridgehead atoms. The van der Waals surface area contributed by atoms with E-state index in [1.165, 1.54) is 24.2 Å². The zero-order valence-electron chi connectivity index (χ0n) is 11.6. The Morgan fingerprint density at radius 3 is 2.84 bits per heavy atom. The van der Waals surface area contributed by atoms with Gasteiger partial charge in [0.2, 0.25) is 0 Å². The van der Waals surface area contributed by atoms with Crippen molar-refractivity contribution in [1.82, 2.24) is 16.0 Å². The van der Waals surface area contributed by atoms with Crippen LogP contribution >= 0.6 is 0 Å². The lowest BCUT2D eigenvalue weighted by atomic mass is 10.0. The van der Waals surface area contributed by atoms with Crippen LogP contribution in [0.5, 0.6) is 0 Å². The van der Waals surface area contributed by atoms with Crippen molar-refractivity contribution < 1.29 is 4.74 Å². The molecule has 3 atom stereocenters. The van der Waals surface area contributed by atoms with Gasteiger partial charge >= 0.3 is 0 Å². The highest BCUT2D eigenvalue weighted by Crippen LogP contribution is 2.54. The van der Waals surface area contributed by atoms with E-state index in [2.05, 4.69) is 29.5 Å². The highest BCUT2D eigenvalue weighted by atomic mass is 16.5. The average Bonchev–Trinajstić information content (AvgIpc) is 2.87. The fourth-order valence-corrected chi connectivity index (χ4v) is 3.65. The van der Waals surface area contributed by atoms with Crippen molar-refractivity contribution in [2.24, 2.45) is 23.5 Å². The van der Waals surface area contributed by atoms with E-state index in [0.717, 1.165) is 37.8 Å². The Morgan fingerprint density at radius 2 is 2.16 bits per heavy atom. The van der Waals surface area contributed by atoms with Crippen molar-refractivity contribution in [1.29, 1.82) is 0 Å². The zero-order valence-corrected chi connectivity index (χ0v) is 11.6. The number of nitrogens with two attached hydrogens (primary N) is 1. The molecule has 1 fully saturated rings. The summed E-state index contributed by atoms with van der Waals surface area (Å²) in [6, 6.07) is 0. The van der Waals surface area contributed by atoms with E-state index >= 15 is 0 Å². The molecule has 5 nitrogen and oxygen atoms in total. The maximum Gasteiger partial charge on any atom is 0.176 e. The lowest BCUT2D eigenvalue weighted by Crippen LogP contribution is -2.37. The molecule has 0 amide bonds. The number of nitrogens with zero attached hydrogens (tertiary/aromatic N) is 1. The van der Waals surface area contributed by atoms with Gasteiger partial charge in [-0.05, 0) is 56.9 Å². The Hall–Kier alpha value is -1.36. The highest BCUT2D eigenvalue weighted by molar-refractivity contribution is 5.18. The first-order valence-corrected chi connectivity index (χ1v) is 7.29. The molecule has 3 unspecified atom stereocenters. The summed E-state index contributed by atoms with van der Waals surface area (Å²) in [5, 5.41) is 2.23.